The van der Waals surface area contributed by atoms with Gasteiger partial charge in [-0.25, -0.2) is 21.9 Å². The van der Waals surface area contributed by atoms with Crippen molar-refractivity contribution in [2.75, 3.05) is 31.9 Å². The minimum absolute atomic E-state index is 0.180. The molecule has 2 rings (SSSR count). The summed E-state index contributed by atoms with van der Waals surface area (Å²) in [6.07, 6.45) is 2.21. The Kier molecular flexibility index (Phi) is 4.56. The minimum atomic E-state index is -4.02. The zero-order valence-electron chi connectivity index (χ0n) is 10.9. The molecule has 0 bridgehead atoms. The van der Waals surface area contributed by atoms with Crippen molar-refractivity contribution >= 4 is 15.7 Å². The van der Waals surface area contributed by atoms with Crippen LogP contribution in [0, 0.1) is 11.6 Å². The summed E-state index contributed by atoms with van der Waals surface area (Å²) in [7, 11) is -4.02. The van der Waals surface area contributed by atoms with Crippen LogP contribution in [-0.2, 0) is 10.0 Å². The third-order valence-electron chi connectivity index (χ3n) is 3.26. The van der Waals surface area contributed by atoms with Gasteiger partial charge in [-0.2, -0.15) is 0 Å². The first-order chi connectivity index (χ1) is 9.40. The fourth-order valence-corrected chi connectivity index (χ4v) is 3.29. The number of nitrogens with two attached hydrogens (primary N) is 1. The van der Waals surface area contributed by atoms with Crippen molar-refractivity contribution in [1.29, 1.82) is 0 Å². The Morgan fingerprint density at radius 1 is 1.20 bits per heavy atom. The Balaban J connectivity index is 2.04. The molecule has 1 fully saturated rings. The summed E-state index contributed by atoms with van der Waals surface area (Å²) < 4.78 is 52.7. The summed E-state index contributed by atoms with van der Waals surface area (Å²) >= 11 is 0. The van der Waals surface area contributed by atoms with E-state index < -0.39 is 32.2 Å². The molecular formula is C12H17F2N3O2S. The monoisotopic (exact) mass is 305 g/mol. The van der Waals surface area contributed by atoms with Gasteiger partial charge < -0.3 is 10.6 Å². The van der Waals surface area contributed by atoms with Gasteiger partial charge in [0.2, 0.25) is 10.0 Å². The summed E-state index contributed by atoms with van der Waals surface area (Å²) in [6.45, 7) is 2.63. The zero-order valence-corrected chi connectivity index (χ0v) is 11.7. The Hall–Kier alpha value is -1.25. The molecule has 1 aliphatic rings. The van der Waals surface area contributed by atoms with Crippen molar-refractivity contribution in [1.82, 2.24) is 9.62 Å². The molecule has 0 saturated carbocycles. The van der Waals surface area contributed by atoms with E-state index in [0.717, 1.165) is 32.0 Å². The van der Waals surface area contributed by atoms with E-state index in [-0.39, 0.29) is 6.54 Å². The quantitative estimate of drug-likeness (QED) is 0.793. The predicted octanol–water partition coefficient (Wildman–Crippen LogP) is 0.921. The Labute approximate surface area is 116 Å². The van der Waals surface area contributed by atoms with Crippen molar-refractivity contribution in [3.05, 3.63) is 23.8 Å². The van der Waals surface area contributed by atoms with Crippen molar-refractivity contribution in [2.24, 2.45) is 0 Å². The maximum atomic E-state index is 13.5. The van der Waals surface area contributed by atoms with Gasteiger partial charge in [0.15, 0.2) is 0 Å². The number of anilines is 1. The van der Waals surface area contributed by atoms with E-state index in [2.05, 4.69) is 9.62 Å². The van der Waals surface area contributed by atoms with Crippen molar-refractivity contribution in [2.45, 2.75) is 17.7 Å². The SMILES string of the molecule is Nc1cc(S(=O)(=O)NCCN2CCCC2)c(F)cc1F. The topological polar surface area (TPSA) is 75.4 Å². The number of rotatable bonds is 5. The normalized spacial score (nSPS) is 16.7. The highest BCUT2D eigenvalue weighted by molar-refractivity contribution is 7.89. The molecule has 1 aromatic rings. The summed E-state index contributed by atoms with van der Waals surface area (Å²) in [5, 5.41) is 0. The molecule has 0 aromatic heterocycles. The van der Waals surface area contributed by atoms with Crippen LogP contribution in [0.15, 0.2) is 17.0 Å². The third kappa shape index (κ3) is 3.44. The highest BCUT2D eigenvalue weighted by atomic mass is 32.2. The lowest BCUT2D eigenvalue weighted by atomic mass is 10.3. The molecule has 1 saturated heterocycles. The molecule has 1 aromatic carbocycles. The van der Waals surface area contributed by atoms with Crippen LogP contribution in [0.25, 0.3) is 0 Å². The second-order valence-corrected chi connectivity index (χ2v) is 6.49. The van der Waals surface area contributed by atoms with Gasteiger partial charge in [0, 0.05) is 19.2 Å². The maximum Gasteiger partial charge on any atom is 0.243 e. The molecule has 0 aliphatic carbocycles. The number of benzene rings is 1. The third-order valence-corrected chi connectivity index (χ3v) is 4.74. The average molecular weight is 305 g/mol. The first-order valence-corrected chi connectivity index (χ1v) is 7.85. The second-order valence-electron chi connectivity index (χ2n) is 4.75. The Morgan fingerprint density at radius 2 is 1.85 bits per heavy atom. The molecule has 1 aliphatic heterocycles. The van der Waals surface area contributed by atoms with E-state index in [1.807, 2.05) is 0 Å². The lowest BCUT2D eigenvalue weighted by molar-refractivity contribution is 0.344. The van der Waals surface area contributed by atoms with Crippen molar-refractivity contribution < 1.29 is 17.2 Å². The smallest absolute Gasteiger partial charge is 0.243 e. The fraction of sp³-hybridized carbons (Fsp3) is 0.500. The van der Waals surface area contributed by atoms with E-state index in [0.29, 0.717) is 12.6 Å². The largest absolute Gasteiger partial charge is 0.396 e. The number of hydrogen-bond acceptors (Lipinski definition) is 4. The van der Waals surface area contributed by atoms with Crippen LogP contribution in [-0.4, -0.2) is 39.5 Å². The van der Waals surface area contributed by atoms with Gasteiger partial charge in [0.25, 0.3) is 0 Å². The Morgan fingerprint density at radius 3 is 2.50 bits per heavy atom. The van der Waals surface area contributed by atoms with Crippen molar-refractivity contribution in [3.63, 3.8) is 0 Å². The number of sulfonamides is 1. The standard InChI is InChI=1S/C12H17F2N3O2S/c13-9-7-10(14)12(8-11(9)15)20(18,19)16-3-6-17-4-1-2-5-17/h7-8,16H,1-6,15H2. The molecule has 0 radical (unpaired) electrons. The molecule has 3 N–H and O–H groups in total. The van der Waals surface area contributed by atoms with Crippen molar-refractivity contribution in [3.8, 4) is 0 Å². The molecule has 0 unspecified atom stereocenters. The number of halogens is 2. The summed E-state index contributed by atoms with van der Waals surface area (Å²) in [4.78, 5) is 1.50. The Bertz CT molecular complexity index is 587. The van der Waals surface area contributed by atoms with Crippen LogP contribution in [0.1, 0.15) is 12.8 Å². The lowest BCUT2D eigenvalue weighted by Crippen LogP contribution is -2.33. The van der Waals surface area contributed by atoms with Crippen LogP contribution in [0.4, 0.5) is 14.5 Å². The van der Waals surface area contributed by atoms with Gasteiger partial charge in [-0.05, 0) is 32.0 Å². The van der Waals surface area contributed by atoms with E-state index in [1.54, 1.807) is 0 Å². The van der Waals surface area contributed by atoms with Gasteiger partial charge in [0.1, 0.15) is 16.5 Å². The number of nitrogens with one attached hydrogen (secondary N) is 1. The van der Waals surface area contributed by atoms with Crippen LogP contribution in [0.5, 0.6) is 0 Å². The van der Waals surface area contributed by atoms with E-state index in [1.165, 1.54) is 0 Å². The average Bonchev–Trinajstić information content (AvgIpc) is 2.86. The predicted molar refractivity (Wildman–Crippen MR) is 71.6 cm³/mol. The molecular weight excluding hydrogens is 288 g/mol. The summed E-state index contributed by atoms with van der Waals surface area (Å²) in [5.74, 6) is -2.12. The van der Waals surface area contributed by atoms with Crippen LogP contribution in [0.3, 0.4) is 0 Å². The van der Waals surface area contributed by atoms with Gasteiger partial charge in [-0.3, -0.25) is 0 Å². The van der Waals surface area contributed by atoms with Gasteiger partial charge in [-0.1, -0.05) is 0 Å². The number of likely N-dealkylation sites (tertiary alicyclic amines) is 1. The molecule has 5 nitrogen and oxygen atoms in total. The van der Waals surface area contributed by atoms with Gasteiger partial charge >= 0.3 is 0 Å². The molecule has 8 heteroatoms. The molecule has 112 valence electrons. The molecule has 0 spiro atoms. The first kappa shape index (κ1) is 15.1. The van der Waals surface area contributed by atoms with Crippen LogP contribution in [0.2, 0.25) is 0 Å². The highest BCUT2D eigenvalue weighted by Crippen LogP contribution is 2.20. The molecule has 1 heterocycles. The van der Waals surface area contributed by atoms with Gasteiger partial charge in [0.05, 0.1) is 5.69 Å². The molecule has 0 amide bonds. The van der Waals surface area contributed by atoms with E-state index >= 15 is 0 Å². The van der Waals surface area contributed by atoms with Crippen LogP contribution < -0.4 is 10.5 Å². The molecule has 0 atom stereocenters. The lowest BCUT2D eigenvalue weighted by Gasteiger charge is -2.15. The van der Waals surface area contributed by atoms with Crippen LogP contribution >= 0.6 is 0 Å². The fourth-order valence-electron chi connectivity index (χ4n) is 2.17. The summed E-state index contributed by atoms with van der Waals surface area (Å²) in [5.41, 5.74) is 4.88. The number of hydrogen-bond donors (Lipinski definition) is 2. The maximum absolute atomic E-state index is 13.5. The zero-order chi connectivity index (χ0) is 14.8. The van der Waals surface area contributed by atoms with E-state index in [9.17, 15) is 17.2 Å². The molecule has 20 heavy (non-hydrogen) atoms. The highest BCUT2D eigenvalue weighted by Gasteiger charge is 2.21. The number of nitrogen functional groups attached to an aromatic ring is 1. The second kappa shape index (κ2) is 6.02. The summed E-state index contributed by atoms with van der Waals surface area (Å²) in [6, 6.07) is 1.27. The van der Waals surface area contributed by atoms with E-state index in [4.69, 9.17) is 5.73 Å². The first-order valence-electron chi connectivity index (χ1n) is 6.37. The van der Waals surface area contributed by atoms with Gasteiger partial charge in [-0.15, -0.1) is 0 Å². The number of nitrogens with zero attached hydrogens (tertiary/aromatic N) is 1. The minimum Gasteiger partial charge on any atom is -0.396 e.